The highest BCUT2D eigenvalue weighted by Crippen LogP contribution is 2.33. The third kappa shape index (κ3) is 4.41. The SMILES string of the molecule is CCc1sc(NC(=O)CCN2C(=O)c3cccc([N+](=O)[O-])c3C2=O)nc1-c1ccc(Br)cc1. The first-order chi connectivity index (χ1) is 15.8. The van der Waals surface area contributed by atoms with E-state index in [9.17, 15) is 24.5 Å². The highest BCUT2D eigenvalue weighted by atomic mass is 79.9. The molecule has 0 radical (unpaired) electrons. The van der Waals surface area contributed by atoms with Gasteiger partial charge in [-0.05, 0) is 24.6 Å². The molecule has 1 aromatic heterocycles. The van der Waals surface area contributed by atoms with Gasteiger partial charge in [0.25, 0.3) is 17.5 Å². The molecule has 0 fully saturated rings. The number of halogens is 1. The number of aryl methyl sites for hydroxylation is 1. The van der Waals surface area contributed by atoms with Crippen LogP contribution >= 0.6 is 27.3 Å². The van der Waals surface area contributed by atoms with Gasteiger partial charge >= 0.3 is 0 Å². The minimum absolute atomic E-state index is 0.0266. The van der Waals surface area contributed by atoms with Gasteiger partial charge in [0.2, 0.25) is 5.91 Å². The second-order valence-corrected chi connectivity index (χ2v) is 9.17. The zero-order valence-corrected chi connectivity index (χ0v) is 19.7. The minimum Gasteiger partial charge on any atom is -0.302 e. The van der Waals surface area contributed by atoms with Crippen LogP contribution in [0.3, 0.4) is 0 Å². The van der Waals surface area contributed by atoms with Crippen molar-refractivity contribution in [2.75, 3.05) is 11.9 Å². The van der Waals surface area contributed by atoms with Crippen molar-refractivity contribution in [1.82, 2.24) is 9.88 Å². The number of thiazole rings is 1. The zero-order valence-electron chi connectivity index (χ0n) is 17.3. The summed E-state index contributed by atoms with van der Waals surface area (Å²) < 4.78 is 0.951. The number of nitrogens with one attached hydrogen (secondary N) is 1. The molecule has 0 saturated heterocycles. The van der Waals surface area contributed by atoms with Crippen molar-refractivity contribution in [3.63, 3.8) is 0 Å². The molecule has 3 amide bonds. The normalized spacial score (nSPS) is 12.7. The quantitative estimate of drug-likeness (QED) is 0.270. The van der Waals surface area contributed by atoms with Crippen LogP contribution in [0.25, 0.3) is 11.3 Å². The molecular weight excluding hydrogens is 512 g/mol. The van der Waals surface area contributed by atoms with Crippen LogP contribution in [0.4, 0.5) is 10.8 Å². The summed E-state index contributed by atoms with van der Waals surface area (Å²) in [5, 5.41) is 14.4. The zero-order chi connectivity index (χ0) is 23.7. The lowest BCUT2D eigenvalue weighted by Crippen LogP contribution is -2.33. The van der Waals surface area contributed by atoms with E-state index in [2.05, 4.69) is 26.2 Å². The third-order valence-electron chi connectivity index (χ3n) is 5.12. The van der Waals surface area contributed by atoms with E-state index >= 15 is 0 Å². The van der Waals surface area contributed by atoms with Gasteiger partial charge in [-0.25, -0.2) is 4.98 Å². The van der Waals surface area contributed by atoms with Crippen LogP contribution in [0.2, 0.25) is 0 Å². The van der Waals surface area contributed by atoms with Crippen LogP contribution in [-0.2, 0) is 11.2 Å². The van der Waals surface area contributed by atoms with E-state index < -0.39 is 28.3 Å². The summed E-state index contributed by atoms with van der Waals surface area (Å²) in [5.41, 5.74) is 1.03. The number of nitrogens with zero attached hydrogens (tertiary/aromatic N) is 3. The topological polar surface area (TPSA) is 123 Å². The van der Waals surface area contributed by atoms with E-state index in [1.807, 2.05) is 31.2 Å². The van der Waals surface area contributed by atoms with Gasteiger partial charge in [0.15, 0.2) is 5.13 Å². The molecule has 0 aliphatic carbocycles. The number of rotatable bonds is 7. The molecule has 0 atom stereocenters. The molecule has 168 valence electrons. The van der Waals surface area contributed by atoms with Gasteiger partial charge in [0, 0.05) is 33.9 Å². The molecule has 9 nitrogen and oxygen atoms in total. The molecule has 1 aliphatic rings. The molecule has 0 bridgehead atoms. The van der Waals surface area contributed by atoms with E-state index in [-0.39, 0.29) is 24.1 Å². The lowest BCUT2D eigenvalue weighted by atomic mass is 10.1. The Morgan fingerprint density at radius 1 is 1.18 bits per heavy atom. The van der Waals surface area contributed by atoms with Gasteiger partial charge in [-0.3, -0.25) is 29.4 Å². The van der Waals surface area contributed by atoms with Crippen LogP contribution in [0, 0.1) is 10.1 Å². The number of anilines is 1. The Kier molecular flexibility index (Phi) is 6.34. The average molecular weight is 529 g/mol. The summed E-state index contributed by atoms with van der Waals surface area (Å²) in [6.07, 6.45) is 0.584. The van der Waals surface area contributed by atoms with Crippen LogP contribution in [-0.4, -0.2) is 39.1 Å². The van der Waals surface area contributed by atoms with Gasteiger partial charge in [0.05, 0.1) is 16.2 Å². The molecule has 33 heavy (non-hydrogen) atoms. The Labute approximate surface area is 200 Å². The van der Waals surface area contributed by atoms with Gasteiger partial charge < -0.3 is 5.32 Å². The van der Waals surface area contributed by atoms with Crippen LogP contribution in [0.15, 0.2) is 46.9 Å². The lowest BCUT2D eigenvalue weighted by Gasteiger charge is -2.12. The smallest absolute Gasteiger partial charge is 0.282 e. The van der Waals surface area contributed by atoms with Crippen molar-refractivity contribution in [2.24, 2.45) is 0 Å². The summed E-state index contributed by atoms with van der Waals surface area (Å²) in [6, 6.07) is 11.6. The Bertz CT molecular complexity index is 1290. The van der Waals surface area contributed by atoms with Crippen molar-refractivity contribution >= 4 is 55.8 Å². The molecule has 4 rings (SSSR count). The molecular formula is C22H17BrN4O5S. The number of aromatic nitrogens is 1. The van der Waals surface area contributed by atoms with Crippen molar-refractivity contribution in [1.29, 1.82) is 0 Å². The minimum atomic E-state index is -0.768. The summed E-state index contributed by atoms with van der Waals surface area (Å²) in [7, 11) is 0. The van der Waals surface area contributed by atoms with E-state index in [1.54, 1.807) is 0 Å². The standard InChI is InChI=1S/C22H17BrN4O5S/c1-2-16-19(12-6-8-13(23)9-7-12)25-22(33-16)24-17(28)10-11-26-20(29)14-4-3-5-15(27(31)32)18(14)21(26)30/h3-9H,2,10-11H2,1H3,(H,24,25,28). The van der Waals surface area contributed by atoms with Crippen molar-refractivity contribution in [2.45, 2.75) is 19.8 Å². The number of nitro groups is 1. The molecule has 2 heterocycles. The fraction of sp³-hybridized carbons (Fsp3) is 0.182. The third-order valence-corrected chi connectivity index (χ3v) is 6.76. The fourth-order valence-corrected chi connectivity index (χ4v) is 4.75. The molecule has 3 aromatic rings. The second kappa shape index (κ2) is 9.20. The number of nitro benzene ring substituents is 1. The molecule has 0 spiro atoms. The van der Waals surface area contributed by atoms with Crippen LogP contribution in [0.1, 0.15) is 38.9 Å². The lowest BCUT2D eigenvalue weighted by molar-refractivity contribution is -0.385. The van der Waals surface area contributed by atoms with E-state index in [4.69, 9.17) is 0 Å². The number of carbonyl (C=O) groups is 3. The first-order valence-corrected chi connectivity index (χ1v) is 11.6. The fourth-order valence-electron chi connectivity index (χ4n) is 3.54. The molecule has 0 saturated carbocycles. The van der Waals surface area contributed by atoms with Crippen LogP contribution in [0.5, 0.6) is 0 Å². The molecule has 1 aliphatic heterocycles. The molecule has 1 N–H and O–H groups in total. The summed E-state index contributed by atoms with van der Waals surface area (Å²) in [6.45, 7) is 1.81. The number of amides is 3. The van der Waals surface area contributed by atoms with Gasteiger partial charge in [-0.1, -0.05) is 41.1 Å². The second-order valence-electron chi connectivity index (χ2n) is 7.17. The maximum absolute atomic E-state index is 12.6. The Morgan fingerprint density at radius 2 is 1.91 bits per heavy atom. The predicted octanol–water partition coefficient (Wildman–Crippen LogP) is 4.67. The van der Waals surface area contributed by atoms with Gasteiger partial charge in [-0.15, -0.1) is 11.3 Å². The highest BCUT2D eigenvalue weighted by molar-refractivity contribution is 9.10. The first-order valence-electron chi connectivity index (χ1n) is 9.99. The van der Waals surface area contributed by atoms with Crippen molar-refractivity contribution in [3.8, 4) is 11.3 Å². The molecule has 2 aromatic carbocycles. The Hall–Kier alpha value is -3.44. The number of imide groups is 1. The van der Waals surface area contributed by atoms with E-state index in [0.29, 0.717) is 5.13 Å². The summed E-state index contributed by atoms with van der Waals surface area (Å²) in [5.74, 6) is -1.83. The first kappa shape index (κ1) is 22.7. The molecule has 0 unspecified atom stereocenters. The average Bonchev–Trinajstić information content (AvgIpc) is 3.31. The largest absolute Gasteiger partial charge is 0.302 e. The number of benzene rings is 2. The van der Waals surface area contributed by atoms with E-state index in [1.165, 1.54) is 29.5 Å². The highest BCUT2D eigenvalue weighted by Gasteiger charge is 2.40. The van der Waals surface area contributed by atoms with Crippen molar-refractivity contribution in [3.05, 3.63) is 73.1 Å². The molecule has 11 heteroatoms. The maximum atomic E-state index is 12.6. The van der Waals surface area contributed by atoms with Gasteiger partial charge in [0.1, 0.15) is 5.56 Å². The summed E-state index contributed by atoms with van der Waals surface area (Å²) in [4.78, 5) is 54.6. The number of hydrogen-bond donors (Lipinski definition) is 1. The number of carbonyl (C=O) groups excluding carboxylic acids is 3. The van der Waals surface area contributed by atoms with Gasteiger partial charge in [-0.2, -0.15) is 0 Å². The Balaban J connectivity index is 1.45. The van der Waals surface area contributed by atoms with Crippen molar-refractivity contribution < 1.29 is 19.3 Å². The van der Waals surface area contributed by atoms with Crippen LogP contribution < -0.4 is 5.32 Å². The monoisotopic (exact) mass is 528 g/mol. The maximum Gasteiger partial charge on any atom is 0.282 e. The predicted molar refractivity (Wildman–Crippen MR) is 126 cm³/mol. The number of hydrogen-bond acceptors (Lipinski definition) is 7. The summed E-state index contributed by atoms with van der Waals surface area (Å²) >= 11 is 4.77. The number of fused-ring (bicyclic) bond motifs is 1. The Morgan fingerprint density at radius 3 is 2.58 bits per heavy atom. The van der Waals surface area contributed by atoms with E-state index in [0.717, 1.165) is 31.9 Å².